The molecule has 5 nitrogen and oxygen atoms in total. The minimum Gasteiger partial charge on any atom is -0.469 e. The highest BCUT2D eigenvalue weighted by Crippen LogP contribution is 2.15. The molecule has 0 bridgehead atoms. The molecule has 5 heteroatoms. The number of hydrogen-bond donors (Lipinski definition) is 1. The van der Waals surface area contributed by atoms with E-state index >= 15 is 0 Å². The zero-order valence-electron chi connectivity index (χ0n) is 15.1. The van der Waals surface area contributed by atoms with Crippen molar-refractivity contribution >= 4 is 11.8 Å². The predicted molar refractivity (Wildman–Crippen MR) is 97.1 cm³/mol. The summed E-state index contributed by atoms with van der Waals surface area (Å²) in [5.41, 5.74) is 1.57. The number of carbonyl (C=O) groups excluding carboxylic acids is 2. The second kappa shape index (κ2) is 9.06. The van der Waals surface area contributed by atoms with E-state index in [4.69, 9.17) is 4.42 Å². The number of hydrogen-bond acceptors (Lipinski definition) is 3. The molecule has 0 spiro atoms. The number of nitrogens with zero attached hydrogens (tertiary/aromatic N) is 1. The van der Waals surface area contributed by atoms with Gasteiger partial charge in [0.2, 0.25) is 5.91 Å². The third-order valence-electron chi connectivity index (χ3n) is 4.22. The monoisotopic (exact) mass is 342 g/mol. The van der Waals surface area contributed by atoms with Gasteiger partial charge < -0.3 is 14.6 Å². The molecule has 1 atom stereocenters. The summed E-state index contributed by atoms with van der Waals surface area (Å²) >= 11 is 0. The van der Waals surface area contributed by atoms with Crippen molar-refractivity contribution in [1.29, 1.82) is 0 Å². The van der Waals surface area contributed by atoms with E-state index in [-0.39, 0.29) is 24.3 Å². The van der Waals surface area contributed by atoms with E-state index in [2.05, 4.69) is 5.32 Å². The molecule has 0 fully saturated rings. The third-order valence-corrected chi connectivity index (χ3v) is 4.22. The van der Waals surface area contributed by atoms with Gasteiger partial charge in [-0.1, -0.05) is 37.3 Å². The Balaban J connectivity index is 2.08. The predicted octanol–water partition coefficient (Wildman–Crippen LogP) is 3.54. The van der Waals surface area contributed by atoms with E-state index in [1.165, 1.54) is 6.26 Å². The highest BCUT2D eigenvalue weighted by molar-refractivity contribution is 5.95. The van der Waals surface area contributed by atoms with E-state index in [0.717, 1.165) is 12.0 Å². The second-order valence-electron chi connectivity index (χ2n) is 6.23. The van der Waals surface area contributed by atoms with Crippen LogP contribution in [0.15, 0.2) is 47.1 Å². The highest BCUT2D eigenvalue weighted by Gasteiger charge is 2.20. The lowest BCUT2D eigenvalue weighted by Gasteiger charge is -2.23. The van der Waals surface area contributed by atoms with E-state index in [0.29, 0.717) is 24.4 Å². The van der Waals surface area contributed by atoms with Crippen LogP contribution in [0.1, 0.15) is 48.4 Å². The van der Waals surface area contributed by atoms with Crippen LogP contribution in [0.3, 0.4) is 0 Å². The second-order valence-corrected chi connectivity index (χ2v) is 6.23. The summed E-state index contributed by atoms with van der Waals surface area (Å²) in [7, 11) is 0. The van der Waals surface area contributed by atoms with Gasteiger partial charge in [0.05, 0.1) is 11.8 Å². The van der Waals surface area contributed by atoms with Gasteiger partial charge in [0, 0.05) is 25.6 Å². The van der Waals surface area contributed by atoms with Crippen LogP contribution in [0.5, 0.6) is 0 Å². The van der Waals surface area contributed by atoms with Crippen molar-refractivity contribution in [2.75, 3.05) is 6.54 Å². The quantitative estimate of drug-likeness (QED) is 0.798. The standard InChI is InChI=1S/C20H26N2O3/c1-4-15(2)21-19(23)10-12-22(14-17-8-6-5-7-9-17)20(24)18-11-13-25-16(18)3/h5-9,11,13,15H,4,10,12,14H2,1-3H3,(H,21,23)/t15-/m1/s1. The molecule has 1 aromatic carbocycles. The van der Waals surface area contributed by atoms with Crippen molar-refractivity contribution in [2.45, 2.75) is 46.2 Å². The molecule has 2 amide bonds. The summed E-state index contributed by atoms with van der Waals surface area (Å²) in [5, 5.41) is 2.94. The van der Waals surface area contributed by atoms with Gasteiger partial charge >= 0.3 is 0 Å². The molecule has 0 radical (unpaired) electrons. The summed E-state index contributed by atoms with van der Waals surface area (Å²) in [6.07, 6.45) is 2.67. The summed E-state index contributed by atoms with van der Waals surface area (Å²) in [6.45, 7) is 6.59. The molecule has 0 saturated carbocycles. The molecule has 0 unspecified atom stereocenters. The minimum absolute atomic E-state index is 0.0378. The number of benzene rings is 1. The van der Waals surface area contributed by atoms with Crippen molar-refractivity contribution in [3.05, 3.63) is 59.5 Å². The van der Waals surface area contributed by atoms with Crippen LogP contribution in [-0.4, -0.2) is 29.3 Å². The molecule has 1 aromatic heterocycles. The number of carbonyl (C=O) groups is 2. The van der Waals surface area contributed by atoms with Crippen LogP contribution in [0.25, 0.3) is 0 Å². The van der Waals surface area contributed by atoms with Crippen LogP contribution >= 0.6 is 0 Å². The van der Waals surface area contributed by atoms with E-state index in [1.54, 1.807) is 17.9 Å². The summed E-state index contributed by atoms with van der Waals surface area (Å²) < 4.78 is 5.25. The van der Waals surface area contributed by atoms with Crippen molar-refractivity contribution in [3.8, 4) is 0 Å². The molecule has 2 rings (SSSR count). The lowest BCUT2D eigenvalue weighted by molar-refractivity contribution is -0.121. The minimum atomic E-state index is -0.119. The molecule has 25 heavy (non-hydrogen) atoms. The van der Waals surface area contributed by atoms with Crippen molar-refractivity contribution in [1.82, 2.24) is 10.2 Å². The Morgan fingerprint density at radius 1 is 1.20 bits per heavy atom. The smallest absolute Gasteiger partial charge is 0.257 e. The fourth-order valence-electron chi connectivity index (χ4n) is 2.52. The Bertz CT molecular complexity index is 694. The Labute approximate surface area is 149 Å². The van der Waals surface area contributed by atoms with Gasteiger partial charge in [0.1, 0.15) is 5.76 Å². The third kappa shape index (κ3) is 5.48. The number of aryl methyl sites for hydroxylation is 1. The molecule has 0 aliphatic rings. The first-order valence-electron chi connectivity index (χ1n) is 8.68. The Morgan fingerprint density at radius 3 is 2.52 bits per heavy atom. The zero-order chi connectivity index (χ0) is 18.2. The highest BCUT2D eigenvalue weighted by atomic mass is 16.3. The van der Waals surface area contributed by atoms with Crippen molar-refractivity contribution < 1.29 is 14.0 Å². The van der Waals surface area contributed by atoms with Crippen LogP contribution < -0.4 is 5.32 Å². The molecular formula is C20H26N2O3. The summed E-state index contributed by atoms with van der Waals surface area (Å²) in [4.78, 5) is 26.6. The van der Waals surface area contributed by atoms with Gasteiger partial charge in [-0.3, -0.25) is 9.59 Å². The Kier molecular flexibility index (Phi) is 6.81. The van der Waals surface area contributed by atoms with Crippen LogP contribution in [0.4, 0.5) is 0 Å². The van der Waals surface area contributed by atoms with Crippen LogP contribution in [0.2, 0.25) is 0 Å². The molecule has 0 aliphatic carbocycles. The molecule has 134 valence electrons. The van der Waals surface area contributed by atoms with Gasteiger partial charge in [0.15, 0.2) is 0 Å². The first kappa shape index (κ1) is 18.8. The maximum Gasteiger partial charge on any atom is 0.257 e. The SMILES string of the molecule is CC[C@@H](C)NC(=O)CCN(Cc1ccccc1)C(=O)c1ccoc1C. The van der Waals surface area contributed by atoms with Gasteiger partial charge in [-0.25, -0.2) is 0 Å². The van der Waals surface area contributed by atoms with Crippen LogP contribution in [0, 0.1) is 6.92 Å². The molecule has 1 N–H and O–H groups in total. The molecule has 1 heterocycles. The van der Waals surface area contributed by atoms with Crippen molar-refractivity contribution in [3.63, 3.8) is 0 Å². The molecule has 2 aromatic rings. The lowest BCUT2D eigenvalue weighted by Crippen LogP contribution is -2.37. The number of rotatable bonds is 8. The molecule has 0 aliphatic heterocycles. The maximum absolute atomic E-state index is 12.9. The molecular weight excluding hydrogens is 316 g/mol. The fraction of sp³-hybridized carbons (Fsp3) is 0.400. The summed E-state index contributed by atoms with van der Waals surface area (Å²) in [5.74, 6) is 0.433. The summed E-state index contributed by atoms with van der Waals surface area (Å²) in [6, 6.07) is 11.6. The Hall–Kier alpha value is -2.56. The Morgan fingerprint density at radius 2 is 1.92 bits per heavy atom. The van der Waals surface area contributed by atoms with Gasteiger partial charge in [-0.15, -0.1) is 0 Å². The number of amides is 2. The van der Waals surface area contributed by atoms with Gasteiger partial charge in [-0.05, 0) is 31.9 Å². The van der Waals surface area contributed by atoms with E-state index < -0.39 is 0 Å². The zero-order valence-corrected chi connectivity index (χ0v) is 15.1. The van der Waals surface area contributed by atoms with Gasteiger partial charge in [0.25, 0.3) is 5.91 Å². The van der Waals surface area contributed by atoms with Gasteiger partial charge in [-0.2, -0.15) is 0 Å². The van der Waals surface area contributed by atoms with Crippen LogP contribution in [-0.2, 0) is 11.3 Å². The normalized spacial score (nSPS) is 11.8. The first-order valence-corrected chi connectivity index (χ1v) is 8.68. The number of nitrogens with one attached hydrogen (secondary N) is 1. The molecule has 0 saturated heterocycles. The number of furan rings is 1. The average Bonchev–Trinajstić information content (AvgIpc) is 3.04. The first-order chi connectivity index (χ1) is 12.0. The fourth-order valence-corrected chi connectivity index (χ4v) is 2.52. The topological polar surface area (TPSA) is 62.6 Å². The van der Waals surface area contributed by atoms with E-state index in [1.807, 2.05) is 44.2 Å². The lowest BCUT2D eigenvalue weighted by atomic mass is 10.1. The van der Waals surface area contributed by atoms with E-state index in [9.17, 15) is 9.59 Å². The largest absolute Gasteiger partial charge is 0.469 e. The van der Waals surface area contributed by atoms with Crippen molar-refractivity contribution in [2.24, 2.45) is 0 Å². The average molecular weight is 342 g/mol. The maximum atomic E-state index is 12.9.